The fourth-order valence-corrected chi connectivity index (χ4v) is 3.09. The second kappa shape index (κ2) is 5.95. The Bertz CT molecular complexity index is 158. The Morgan fingerprint density at radius 3 is 2.50 bits per heavy atom. The molecule has 1 aliphatic rings. The van der Waals surface area contributed by atoms with Crippen molar-refractivity contribution >= 4 is 10.0 Å². The summed E-state index contributed by atoms with van der Waals surface area (Å²) >= 11 is 0. The molecule has 0 spiro atoms. The molecular weight excluding hydrogens is 198 g/mol. The van der Waals surface area contributed by atoms with E-state index in [1.54, 1.807) is 7.11 Å². The third-order valence-corrected chi connectivity index (χ3v) is 4.66. The molecule has 1 saturated heterocycles. The molecule has 0 aromatic heterocycles. The van der Waals surface area contributed by atoms with Crippen LogP contribution in [-0.2, 0) is 9.47 Å². The van der Waals surface area contributed by atoms with Crippen molar-refractivity contribution in [1.29, 1.82) is 0 Å². The average molecular weight is 221 g/mol. The summed E-state index contributed by atoms with van der Waals surface area (Å²) in [4.78, 5) is 2.49. The highest BCUT2D eigenvalue weighted by Crippen LogP contribution is 2.38. The van der Waals surface area contributed by atoms with E-state index in [9.17, 15) is 0 Å². The van der Waals surface area contributed by atoms with Crippen LogP contribution in [-0.4, -0.2) is 69.1 Å². The van der Waals surface area contributed by atoms with Crippen LogP contribution in [0.25, 0.3) is 0 Å². The van der Waals surface area contributed by atoms with E-state index < -0.39 is 10.0 Å². The highest BCUT2D eigenvalue weighted by Gasteiger charge is 2.15. The highest BCUT2D eigenvalue weighted by atomic mass is 32.3. The summed E-state index contributed by atoms with van der Waals surface area (Å²) in [6.45, 7) is 5.21. The van der Waals surface area contributed by atoms with E-state index >= 15 is 0 Å². The zero-order chi connectivity index (χ0) is 10.4. The Labute approximate surface area is 89.1 Å². The first kappa shape index (κ1) is 12.3. The topological polar surface area (TPSA) is 21.7 Å². The zero-order valence-corrected chi connectivity index (χ0v) is 10.4. The van der Waals surface area contributed by atoms with Crippen molar-refractivity contribution in [2.75, 3.05) is 64.2 Å². The first-order valence-corrected chi connectivity index (χ1v) is 7.90. The summed E-state index contributed by atoms with van der Waals surface area (Å²) < 4.78 is 10.6. The quantitative estimate of drug-likeness (QED) is 0.691. The summed E-state index contributed by atoms with van der Waals surface area (Å²) in [7, 11) is 1.26. The van der Waals surface area contributed by atoms with Gasteiger partial charge in [-0.25, -0.2) is 10.0 Å². The molecule has 0 atom stereocenters. The SMILES string of the molecule is COCS(C)(C)CCN1CCOCC1. The summed E-state index contributed by atoms with van der Waals surface area (Å²) in [5.41, 5.74) is 0. The first-order valence-electron chi connectivity index (χ1n) is 5.12. The molecule has 1 fully saturated rings. The van der Waals surface area contributed by atoms with Crippen molar-refractivity contribution in [2.24, 2.45) is 0 Å². The normalized spacial score (nSPS) is 21.1. The third kappa shape index (κ3) is 4.64. The maximum Gasteiger partial charge on any atom is 0.0763 e. The van der Waals surface area contributed by atoms with Crippen LogP contribution in [0.1, 0.15) is 0 Å². The van der Waals surface area contributed by atoms with Gasteiger partial charge in [-0.05, 0) is 18.3 Å². The minimum Gasteiger partial charge on any atom is -0.379 e. The molecule has 4 heteroatoms. The van der Waals surface area contributed by atoms with E-state index in [0.29, 0.717) is 0 Å². The molecule has 3 nitrogen and oxygen atoms in total. The maximum atomic E-state index is 5.32. The molecule has 86 valence electrons. The van der Waals surface area contributed by atoms with E-state index in [4.69, 9.17) is 9.47 Å². The van der Waals surface area contributed by atoms with Gasteiger partial charge >= 0.3 is 0 Å². The van der Waals surface area contributed by atoms with Crippen molar-refractivity contribution < 1.29 is 9.47 Å². The highest BCUT2D eigenvalue weighted by molar-refractivity contribution is 8.32. The minimum atomic E-state index is -0.536. The Kier molecular flexibility index (Phi) is 5.23. The Morgan fingerprint density at radius 1 is 1.29 bits per heavy atom. The molecule has 0 aromatic carbocycles. The van der Waals surface area contributed by atoms with E-state index in [1.165, 1.54) is 12.3 Å². The maximum absolute atomic E-state index is 5.32. The van der Waals surface area contributed by atoms with Crippen molar-refractivity contribution in [1.82, 2.24) is 4.90 Å². The van der Waals surface area contributed by atoms with Crippen LogP contribution in [0.3, 0.4) is 0 Å². The van der Waals surface area contributed by atoms with E-state index in [0.717, 1.165) is 32.2 Å². The second-order valence-electron chi connectivity index (χ2n) is 4.33. The molecule has 1 aliphatic heterocycles. The summed E-state index contributed by atoms with van der Waals surface area (Å²) in [6, 6.07) is 0. The van der Waals surface area contributed by atoms with Gasteiger partial charge < -0.3 is 9.47 Å². The molecule has 1 heterocycles. The first-order chi connectivity index (χ1) is 6.64. The van der Waals surface area contributed by atoms with Crippen molar-refractivity contribution in [3.05, 3.63) is 0 Å². The van der Waals surface area contributed by atoms with Crippen LogP contribution in [0, 0.1) is 0 Å². The third-order valence-electron chi connectivity index (χ3n) is 2.50. The summed E-state index contributed by atoms with van der Waals surface area (Å²) in [5.74, 6) is 2.21. The minimum absolute atomic E-state index is 0.536. The van der Waals surface area contributed by atoms with Gasteiger partial charge in [-0.2, -0.15) is 0 Å². The van der Waals surface area contributed by atoms with Crippen LogP contribution in [0.15, 0.2) is 0 Å². The van der Waals surface area contributed by atoms with Gasteiger partial charge in [-0.1, -0.05) is 0 Å². The largest absolute Gasteiger partial charge is 0.379 e. The van der Waals surface area contributed by atoms with Gasteiger partial charge in [0, 0.05) is 26.7 Å². The molecule has 0 radical (unpaired) electrons. The smallest absolute Gasteiger partial charge is 0.0763 e. The predicted molar refractivity (Wildman–Crippen MR) is 63.4 cm³/mol. The molecule has 0 aliphatic carbocycles. The van der Waals surface area contributed by atoms with Crippen molar-refractivity contribution in [2.45, 2.75) is 0 Å². The molecule has 0 N–H and O–H groups in total. The number of ether oxygens (including phenoxy) is 2. The zero-order valence-electron chi connectivity index (χ0n) is 9.62. The number of hydrogen-bond donors (Lipinski definition) is 0. The number of nitrogens with zero attached hydrogens (tertiary/aromatic N) is 1. The standard InChI is InChI=1S/C10H23NO2S/c1-12-10-14(2,3)9-6-11-4-7-13-8-5-11/h4-10H2,1-3H3. The fourth-order valence-electron chi connectivity index (χ4n) is 1.58. The van der Waals surface area contributed by atoms with Crippen LogP contribution in [0.2, 0.25) is 0 Å². The van der Waals surface area contributed by atoms with Crippen molar-refractivity contribution in [3.8, 4) is 0 Å². The number of hydrogen-bond acceptors (Lipinski definition) is 3. The summed E-state index contributed by atoms with van der Waals surface area (Å²) in [6.07, 6.45) is 4.69. The van der Waals surface area contributed by atoms with E-state index in [-0.39, 0.29) is 0 Å². The molecule has 1 rings (SSSR count). The van der Waals surface area contributed by atoms with Gasteiger partial charge in [0.2, 0.25) is 0 Å². The van der Waals surface area contributed by atoms with Gasteiger partial charge in [0.15, 0.2) is 0 Å². The van der Waals surface area contributed by atoms with Gasteiger partial charge in [0.1, 0.15) is 0 Å². The fraction of sp³-hybridized carbons (Fsp3) is 1.00. The van der Waals surface area contributed by atoms with Crippen LogP contribution in [0.4, 0.5) is 0 Å². The number of rotatable bonds is 5. The molecular formula is C10H23NO2S. The Morgan fingerprint density at radius 2 is 1.93 bits per heavy atom. The number of morpholine rings is 1. The van der Waals surface area contributed by atoms with Crippen LogP contribution < -0.4 is 0 Å². The average Bonchev–Trinajstić information content (AvgIpc) is 2.17. The lowest BCUT2D eigenvalue weighted by atomic mass is 10.4. The van der Waals surface area contributed by atoms with Crippen LogP contribution in [0.5, 0.6) is 0 Å². The Hall–Kier alpha value is 0.230. The molecule has 0 aromatic rings. The Balaban J connectivity index is 2.17. The van der Waals surface area contributed by atoms with Crippen LogP contribution >= 0.6 is 10.0 Å². The molecule has 14 heavy (non-hydrogen) atoms. The van der Waals surface area contributed by atoms with Gasteiger partial charge in [-0.15, -0.1) is 0 Å². The van der Waals surface area contributed by atoms with Gasteiger partial charge in [-0.3, -0.25) is 4.90 Å². The number of methoxy groups -OCH3 is 1. The lowest BCUT2D eigenvalue weighted by molar-refractivity contribution is 0.0409. The molecule has 0 saturated carbocycles. The summed E-state index contributed by atoms with van der Waals surface area (Å²) in [5, 5.41) is 0. The second-order valence-corrected chi connectivity index (χ2v) is 8.51. The monoisotopic (exact) mass is 221 g/mol. The molecule has 0 unspecified atom stereocenters. The lowest BCUT2D eigenvalue weighted by Crippen LogP contribution is -2.38. The predicted octanol–water partition coefficient (Wildman–Crippen LogP) is 0.987. The van der Waals surface area contributed by atoms with Crippen molar-refractivity contribution in [3.63, 3.8) is 0 Å². The molecule has 0 bridgehead atoms. The van der Waals surface area contributed by atoms with Gasteiger partial charge in [0.25, 0.3) is 0 Å². The van der Waals surface area contributed by atoms with Gasteiger partial charge in [0.05, 0.1) is 19.2 Å². The van der Waals surface area contributed by atoms with E-state index in [2.05, 4.69) is 17.4 Å². The lowest BCUT2D eigenvalue weighted by Gasteiger charge is -2.34. The molecule has 0 amide bonds. The van der Waals surface area contributed by atoms with E-state index in [1.807, 2.05) is 0 Å².